The minimum Gasteiger partial charge on any atom is -0.504 e. The van der Waals surface area contributed by atoms with Gasteiger partial charge in [-0.3, -0.25) is 9.80 Å². The summed E-state index contributed by atoms with van der Waals surface area (Å²) in [6, 6.07) is 17.1. The highest BCUT2D eigenvalue weighted by Gasteiger charge is 2.43. The fourth-order valence-corrected chi connectivity index (χ4v) is 4.74. The van der Waals surface area contributed by atoms with Crippen LogP contribution >= 0.6 is 0 Å². The van der Waals surface area contributed by atoms with E-state index in [1.54, 1.807) is 22.2 Å². The number of hydrogen-bond donors (Lipinski definition) is 2. The number of aromatic hydroxyl groups is 1. The number of hydrogen-bond acceptors (Lipinski definition) is 7. The van der Waals surface area contributed by atoms with Gasteiger partial charge in [0.2, 0.25) is 0 Å². The Kier molecular flexibility index (Phi) is 5.64. The molecule has 7 nitrogen and oxygen atoms in total. The molecule has 0 saturated carbocycles. The number of nitrogens with zero attached hydrogens (tertiary/aromatic N) is 3. The molecule has 0 bridgehead atoms. The van der Waals surface area contributed by atoms with Crippen molar-refractivity contribution in [3.8, 4) is 17.6 Å². The summed E-state index contributed by atoms with van der Waals surface area (Å²) in [4.78, 5) is 13.6. The van der Waals surface area contributed by atoms with Crippen LogP contribution in [0, 0.1) is 11.3 Å². The highest BCUT2D eigenvalue weighted by molar-refractivity contribution is 6.00. The van der Waals surface area contributed by atoms with E-state index in [1.807, 2.05) is 44.4 Å². The lowest BCUT2D eigenvalue weighted by Crippen LogP contribution is -2.46. The standard InChI is InChI=1S/C25H26N4O3/c1-28(2)29-19-11-17(15-7-5-4-6-8-15)12-21(31)24(19)23(18(14-26)25(29)27)16-9-10-20(30)22(13-16)32-3/h4-10,13,17,23,30H,11-12,27H2,1-3H3/t17-,23-/m1/s1. The molecule has 0 fully saturated rings. The Morgan fingerprint density at radius 2 is 1.88 bits per heavy atom. The number of nitrogens with two attached hydrogens (primary N) is 1. The number of ketones is 1. The molecule has 2 aromatic rings. The van der Waals surface area contributed by atoms with Crippen LogP contribution in [0.25, 0.3) is 0 Å². The first-order valence-electron chi connectivity index (χ1n) is 10.4. The molecule has 2 atom stereocenters. The van der Waals surface area contributed by atoms with E-state index in [1.165, 1.54) is 13.2 Å². The van der Waals surface area contributed by atoms with E-state index >= 15 is 0 Å². The molecule has 2 aromatic carbocycles. The first-order valence-corrected chi connectivity index (χ1v) is 10.4. The number of allylic oxidation sites excluding steroid dienone is 3. The van der Waals surface area contributed by atoms with Gasteiger partial charge in [-0.1, -0.05) is 36.4 Å². The van der Waals surface area contributed by atoms with Crippen molar-refractivity contribution in [2.24, 2.45) is 5.73 Å². The van der Waals surface area contributed by atoms with Gasteiger partial charge >= 0.3 is 0 Å². The highest BCUT2D eigenvalue weighted by Crippen LogP contribution is 2.48. The Bertz CT molecular complexity index is 1160. The number of methoxy groups -OCH3 is 1. The molecule has 1 aliphatic carbocycles. The quantitative estimate of drug-likeness (QED) is 0.767. The van der Waals surface area contributed by atoms with Crippen molar-refractivity contribution in [1.82, 2.24) is 10.0 Å². The maximum absolute atomic E-state index is 13.6. The first kappa shape index (κ1) is 21.5. The van der Waals surface area contributed by atoms with Crippen LogP contribution in [0.2, 0.25) is 0 Å². The van der Waals surface area contributed by atoms with Crippen molar-refractivity contribution >= 4 is 5.78 Å². The molecule has 1 aliphatic heterocycles. The smallest absolute Gasteiger partial charge is 0.162 e. The Morgan fingerprint density at radius 1 is 1.16 bits per heavy atom. The van der Waals surface area contributed by atoms with Crippen LogP contribution in [0.3, 0.4) is 0 Å². The second-order valence-corrected chi connectivity index (χ2v) is 8.23. The van der Waals surface area contributed by atoms with E-state index in [9.17, 15) is 15.2 Å². The number of nitriles is 1. The third kappa shape index (κ3) is 3.49. The van der Waals surface area contributed by atoms with Gasteiger partial charge in [0.1, 0.15) is 5.82 Å². The van der Waals surface area contributed by atoms with Crippen molar-refractivity contribution in [3.05, 3.63) is 82.3 Å². The number of carbonyl (C=O) groups is 1. The average Bonchev–Trinajstić information content (AvgIpc) is 2.78. The van der Waals surface area contributed by atoms with Crippen LogP contribution in [-0.2, 0) is 4.79 Å². The topological polar surface area (TPSA) is 103 Å². The molecule has 1 heterocycles. The van der Waals surface area contributed by atoms with E-state index in [4.69, 9.17) is 10.5 Å². The van der Waals surface area contributed by atoms with Crippen LogP contribution in [0.15, 0.2) is 71.2 Å². The SMILES string of the molecule is COc1cc([C@@H]2C(C#N)=C(N)N(N(C)C)C3=C2C(=O)C[C@H](c2ccccc2)C3)ccc1O. The second kappa shape index (κ2) is 8.40. The summed E-state index contributed by atoms with van der Waals surface area (Å²) in [6.07, 6.45) is 0.975. The summed E-state index contributed by atoms with van der Waals surface area (Å²) in [5.74, 6) is -0.0352. The van der Waals surface area contributed by atoms with Gasteiger partial charge in [0, 0.05) is 31.8 Å². The zero-order chi connectivity index (χ0) is 23.0. The van der Waals surface area contributed by atoms with E-state index in [0.29, 0.717) is 35.4 Å². The molecule has 0 saturated heterocycles. The number of hydrazine groups is 1. The fraction of sp³-hybridized carbons (Fsp3) is 0.280. The minimum atomic E-state index is -0.620. The monoisotopic (exact) mass is 430 g/mol. The molecule has 0 spiro atoms. The van der Waals surface area contributed by atoms with Crippen molar-refractivity contribution < 1.29 is 14.6 Å². The van der Waals surface area contributed by atoms with Gasteiger partial charge in [-0.25, -0.2) is 5.01 Å². The Balaban J connectivity index is 1.91. The van der Waals surface area contributed by atoms with Crippen LogP contribution in [0.5, 0.6) is 11.5 Å². The predicted octanol–water partition coefficient (Wildman–Crippen LogP) is 3.37. The number of phenolic OH excluding ortho intramolecular Hbond substituents is 1. The van der Waals surface area contributed by atoms with Crippen LogP contribution in [0.4, 0.5) is 0 Å². The summed E-state index contributed by atoms with van der Waals surface area (Å²) in [7, 11) is 5.14. The van der Waals surface area contributed by atoms with Crippen LogP contribution in [0.1, 0.15) is 35.8 Å². The molecular formula is C25H26N4O3. The van der Waals surface area contributed by atoms with Crippen molar-refractivity contribution in [2.75, 3.05) is 21.2 Å². The van der Waals surface area contributed by atoms with Gasteiger partial charge < -0.3 is 15.6 Å². The normalized spacial score (nSPS) is 21.0. The van der Waals surface area contributed by atoms with E-state index in [2.05, 4.69) is 6.07 Å². The van der Waals surface area contributed by atoms with Crippen LogP contribution in [-0.4, -0.2) is 42.1 Å². The van der Waals surface area contributed by atoms with E-state index in [0.717, 1.165) is 11.3 Å². The lowest BCUT2D eigenvalue weighted by Gasteiger charge is -2.43. The number of Topliss-reactive ketones (excluding diaryl/α,β-unsaturated/α-hetero) is 1. The molecule has 3 N–H and O–H groups in total. The summed E-state index contributed by atoms with van der Waals surface area (Å²) >= 11 is 0. The molecule has 0 radical (unpaired) electrons. The van der Waals surface area contributed by atoms with Crippen molar-refractivity contribution in [1.29, 1.82) is 5.26 Å². The largest absolute Gasteiger partial charge is 0.504 e. The third-order valence-electron chi connectivity index (χ3n) is 6.15. The predicted molar refractivity (Wildman–Crippen MR) is 120 cm³/mol. The molecule has 164 valence electrons. The lowest BCUT2D eigenvalue weighted by atomic mass is 9.72. The molecule has 7 heteroatoms. The maximum atomic E-state index is 13.6. The van der Waals surface area contributed by atoms with Gasteiger partial charge in [0.15, 0.2) is 17.3 Å². The summed E-state index contributed by atoms with van der Waals surface area (Å²) in [5, 5.41) is 23.7. The fourth-order valence-electron chi connectivity index (χ4n) is 4.74. The Labute approximate surface area is 187 Å². The van der Waals surface area contributed by atoms with Crippen molar-refractivity contribution in [3.63, 3.8) is 0 Å². The van der Waals surface area contributed by atoms with Gasteiger partial charge in [-0.2, -0.15) is 5.26 Å². The Morgan fingerprint density at radius 3 is 2.50 bits per heavy atom. The number of phenols is 1. The zero-order valence-electron chi connectivity index (χ0n) is 18.4. The molecule has 0 amide bonds. The molecule has 2 aliphatic rings. The molecular weight excluding hydrogens is 404 g/mol. The minimum absolute atomic E-state index is 0.00856. The highest BCUT2D eigenvalue weighted by atomic mass is 16.5. The molecule has 0 unspecified atom stereocenters. The molecule has 0 aromatic heterocycles. The number of benzene rings is 2. The second-order valence-electron chi connectivity index (χ2n) is 8.23. The van der Waals surface area contributed by atoms with E-state index in [-0.39, 0.29) is 23.2 Å². The first-order chi connectivity index (χ1) is 15.4. The number of ether oxygens (including phenoxy) is 1. The Hall–Kier alpha value is -3.76. The lowest BCUT2D eigenvalue weighted by molar-refractivity contribution is -0.117. The van der Waals surface area contributed by atoms with Gasteiger partial charge in [-0.05, 0) is 35.6 Å². The van der Waals surface area contributed by atoms with Gasteiger partial charge in [0.05, 0.1) is 24.7 Å². The van der Waals surface area contributed by atoms with E-state index < -0.39 is 5.92 Å². The van der Waals surface area contributed by atoms with Crippen LogP contribution < -0.4 is 10.5 Å². The zero-order valence-corrected chi connectivity index (χ0v) is 18.4. The maximum Gasteiger partial charge on any atom is 0.162 e. The summed E-state index contributed by atoms with van der Waals surface area (Å²) in [5.41, 5.74) is 9.97. The van der Waals surface area contributed by atoms with Gasteiger partial charge in [-0.15, -0.1) is 0 Å². The summed E-state index contributed by atoms with van der Waals surface area (Å²) in [6.45, 7) is 0. The average molecular weight is 431 g/mol. The summed E-state index contributed by atoms with van der Waals surface area (Å²) < 4.78 is 5.27. The number of rotatable bonds is 4. The van der Waals surface area contributed by atoms with Crippen molar-refractivity contribution in [2.45, 2.75) is 24.7 Å². The third-order valence-corrected chi connectivity index (χ3v) is 6.15. The van der Waals surface area contributed by atoms with Gasteiger partial charge in [0.25, 0.3) is 0 Å². The molecule has 32 heavy (non-hydrogen) atoms. The number of carbonyl (C=O) groups excluding carboxylic acids is 1. The molecule has 4 rings (SSSR count).